The molecule has 162 valence electrons. The largest absolute Gasteiger partial charge is 0.508 e. The van der Waals surface area contributed by atoms with Crippen molar-refractivity contribution in [2.24, 2.45) is 0 Å². The van der Waals surface area contributed by atoms with E-state index in [9.17, 15) is 18.3 Å². The number of anilines is 1. The van der Waals surface area contributed by atoms with E-state index in [1.165, 1.54) is 24.3 Å². The fourth-order valence-electron chi connectivity index (χ4n) is 2.98. The SMILES string of the molecule is Cc1ccc(S(=O)(=O)N(CC(=O)Nc2cccc(Cl)c2C)Cc2ccc(O)cc2)cc1. The number of aryl methyl sites for hydroxylation is 1. The first-order valence-electron chi connectivity index (χ1n) is 9.56. The fraction of sp³-hybridized carbons (Fsp3) is 0.174. The van der Waals surface area contributed by atoms with Gasteiger partial charge in [-0.1, -0.05) is 47.5 Å². The monoisotopic (exact) mass is 458 g/mol. The number of amides is 1. The molecule has 0 radical (unpaired) electrons. The molecule has 0 heterocycles. The van der Waals surface area contributed by atoms with Crippen molar-refractivity contribution in [3.63, 3.8) is 0 Å². The van der Waals surface area contributed by atoms with Gasteiger partial charge in [0.15, 0.2) is 0 Å². The number of benzene rings is 3. The van der Waals surface area contributed by atoms with Gasteiger partial charge in [-0.05, 0) is 61.4 Å². The Morgan fingerprint density at radius 1 is 1.00 bits per heavy atom. The molecule has 31 heavy (non-hydrogen) atoms. The average molecular weight is 459 g/mol. The van der Waals surface area contributed by atoms with Crippen LogP contribution in [0, 0.1) is 13.8 Å². The summed E-state index contributed by atoms with van der Waals surface area (Å²) in [5.41, 5.74) is 2.79. The lowest BCUT2D eigenvalue weighted by atomic mass is 10.2. The minimum Gasteiger partial charge on any atom is -0.508 e. The Hall–Kier alpha value is -2.87. The molecule has 0 bridgehead atoms. The van der Waals surface area contributed by atoms with Crippen LogP contribution in [0.3, 0.4) is 0 Å². The summed E-state index contributed by atoms with van der Waals surface area (Å²) in [6.45, 7) is 3.22. The molecule has 2 N–H and O–H groups in total. The van der Waals surface area contributed by atoms with E-state index in [0.29, 0.717) is 21.8 Å². The lowest BCUT2D eigenvalue weighted by Crippen LogP contribution is -2.37. The topological polar surface area (TPSA) is 86.7 Å². The molecule has 3 aromatic carbocycles. The van der Waals surface area contributed by atoms with Crippen LogP contribution in [-0.4, -0.2) is 30.3 Å². The second kappa shape index (κ2) is 9.51. The van der Waals surface area contributed by atoms with Gasteiger partial charge in [0.2, 0.25) is 15.9 Å². The van der Waals surface area contributed by atoms with Crippen molar-refractivity contribution < 1.29 is 18.3 Å². The maximum atomic E-state index is 13.3. The van der Waals surface area contributed by atoms with E-state index in [1.54, 1.807) is 49.4 Å². The van der Waals surface area contributed by atoms with Crippen molar-refractivity contribution in [2.45, 2.75) is 25.3 Å². The Balaban J connectivity index is 1.89. The minimum atomic E-state index is -3.95. The van der Waals surface area contributed by atoms with Crippen LogP contribution in [0.5, 0.6) is 5.75 Å². The second-order valence-corrected chi connectivity index (χ2v) is 9.56. The number of hydrogen-bond acceptors (Lipinski definition) is 4. The Morgan fingerprint density at radius 2 is 1.65 bits per heavy atom. The molecular weight excluding hydrogens is 436 g/mol. The maximum Gasteiger partial charge on any atom is 0.243 e. The zero-order valence-electron chi connectivity index (χ0n) is 17.2. The van der Waals surface area contributed by atoms with Gasteiger partial charge < -0.3 is 10.4 Å². The number of carbonyl (C=O) groups excluding carboxylic acids is 1. The molecule has 0 spiro atoms. The lowest BCUT2D eigenvalue weighted by Gasteiger charge is -2.22. The molecule has 0 aliphatic rings. The van der Waals surface area contributed by atoms with Crippen LogP contribution in [-0.2, 0) is 21.4 Å². The zero-order chi connectivity index (χ0) is 22.6. The van der Waals surface area contributed by atoms with Crippen molar-refractivity contribution in [3.8, 4) is 5.75 Å². The number of nitrogens with one attached hydrogen (secondary N) is 1. The number of carbonyl (C=O) groups is 1. The molecule has 0 saturated heterocycles. The number of phenolic OH excluding ortho intramolecular Hbond substituents is 1. The van der Waals surface area contributed by atoms with Gasteiger partial charge in [-0.2, -0.15) is 4.31 Å². The van der Waals surface area contributed by atoms with E-state index in [1.807, 2.05) is 6.92 Å². The lowest BCUT2D eigenvalue weighted by molar-refractivity contribution is -0.116. The summed E-state index contributed by atoms with van der Waals surface area (Å²) in [6, 6.07) is 17.8. The summed E-state index contributed by atoms with van der Waals surface area (Å²) < 4.78 is 27.7. The van der Waals surface area contributed by atoms with Crippen LogP contribution in [0.1, 0.15) is 16.7 Å². The van der Waals surface area contributed by atoms with Crippen LogP contribution in [0.2, 0.25) is 5.02 Å². The summed E-state index contributed by atoms with van der Waals surface area (Å²) in [5.74, 6) is -0.411. The van der Waals surface area contributed by atoms with Gasteiger partial charge in [-0.25, -0.2) is 8.42 Å². The first-order chi connectivity index (χ1) is 14.7. The molecule has 0 aliphatic carbocycles. The average Bonchev–Trinajstić information content (AvgIpc) is 2.73. The minimum absolute atomic E-state index is 0.0293. The number of aromatic hydroxyl groups is 1. The highest BCUT2D eigenvalue weighted by Crippen LogP contribution is 2.24. The van der Waals surface area contributed by atoms with Gasteiger partial charge >= 0.3 is 0 Å². The highest BCUT2D eigenvalue weighted by Gasteiger charge is 2.27. The van der Waals surface area contributed by atoms with Gasteiger partial charge in [0.05, 0.1) is 11.4 Å². The number of phenols is 1. The molecule has 8 heteroatoms. The van der Waals surface area contributed by atoms with E-state index < -0.39 is 15.9 Å². The third kappa shape index (κ3) is 5.64. The van der Waals surface area contributed by atoms with Crippen LogP contribution >= 0.6 is 11.6 Å². The Kier molecular flexibility index (Phi) is 7.00. The van der Waals surface area contributed by atoms with Crippen LogP contribution < -0.4 is 5.32 Å². The second-order valence-electron chi connectivity index (χ2n) is 7.21. The Labute approximate surface area is 187 Å². The summed E-state index contributed by atoms with van der Waals surface area (Å²) in [5, 5.41) is 12.8. The first kappa shape index (κ1) is 22.8. The van der Waals surface area contributed by atoms with Crippen molar-refractivity contribution in [1.29, 1.82) is 0 Å². The van der Waals surface area contributed by atoms with Crippen molar-refractivity contribution in [2.75, 3.05) is 11.9 Å². The molecule has 0 aliphatic heterocycles. The fourth-order valence-corrected chi connectivity index (χ4v) is 4.54. The van der Waals surface area contributed by atoms with E-state index in [0.717, 1.165) is 9.87 Å². The summed E-state index contributed by atoms with van der Waals surface area (Å²) in [6.07, 6.45) is 0. The normalized spacial score (nSPS) is 11.5. The summed E-state index contributed by atoms with van der Waals surface area (Å²) in [4.78, 5) is 12.9. The Bertz CT molecular complexity index is 1180. The van der Waals surface area contributed by atoms with Gasteiger partial charge in [0.25, 0.3) is 0 Å². The number of hydrogen-bond donors (Lipinski definition) is 2. The molecule has 0 aromatic heterocycles. The predicted molar refractivity (Wildman–Crippen MR) is 122 cm³/mol. The molecule has 6 nitrogen and oxygen atoms in total. The number of sulfonamides is 1. The molecule has 3 aromatic rings. The van der Waals surface area contributed by atoms with Crippen LogP contribution in [0.25, 0.3) is 0 Å². The molecule has 3 rings (SSSR count). The van der Waals surface area contributed by atoms with E-state index in [2.05, 4.69) is 5.32 Å². The predicted octanol–water partition coefficient (Wildman–Crippen LogP) is 4.49. The van der Waals surface area contributed by atoms with Crippen LogP contribution in [0.15, 0.2) is 71.6 Å². The van der Waals surface area contributed by atoms with Crippen molar-refractivity contribution in [3.05, 3.63) is 88.4 Å². The smallest absolute Gasteiger partial charge is 0.243 e. The quantitative estimate of drug-likeness (QED) is 0.546. The molecular formula is C23H23ClN2O4S. The highest BCUT2D eigenvalue weighted by atomic mass is 35.5. The van der Waals surface area contributed by atoms with E-state index in [-0.39, 0.29) is 23.7 Å². The molecule has 0 fully saturated rings. The first-order valence-corrected chi connectivity index (χ1v) is 11.4. The molecule has 0 saturated carbocycles. The molecule has 0 unspecified atom stereocenters. The standard InChI is InChI=1S/C23H23ClN2O4S/c1-16-6-12-20(13-7-16)31(29,30)26(14-18-8-10-19(27)11-9-18)15-23(28)25-22-5-3-4-21(24)17(22)2/h3-13,27H,14-15H2,1-2H3,(H,25,28). The van der Waals surface area contributed by atoms with Crippen LogP contribution in [0.4, 0.5) is 5.69 Å². The highest BCUT2D eigenvalue weighted by molar-refractivity contribution is 7.89. The summed E-state index contributed by atoms with van der Waals surface area (Å²) in [7, 11) is -3.95. The zero-order valence-corrected chi connectivity index (χ0v) is 18.7. The van der Waals surface area contributed by atoms with Gasteiger partial charge in [-0.3, -0.25) is 4.79 Å². The van der Waals surface area contributed by atoms with E-state index >= 15 is 0 Å². The van der Waals surface area contributed by atoms with Gasteiger partial charge in [-0.15, -0.1) is 0 Å². The number of rotatable bonds is 7. The summed E-state index contributed by atoms with van der Waals surface area (Å²) >= 11 is 6.11. The third-order valence-corrected chi connectivity index (χ3v) is 7.03. The van der Waals surface area contributed by atoms with Crippen molar-refractivity contribution >= 4 is 33.2 Å². The van der Waals surface area contributed by atoms with Gasteiger partial charge in [0, 0.05) is 17.3 Å². The van der Waals surface area contributed by atoms with E-state index in [4.69, 9.17) is 11.6 Å². The van der Waals surface area contributed by atoms with Gasteiger partial charge in [0.1, 0.15) is 5.75 Å². The molecule has 1 amide bonds. The maximum absolute atomic E-state index is 13.3. The van der Waals surface area contributed by atoms with Crippen molar-refractivity contribution in [1.82, 2.24) is 4.31 Å². The Morgan fingerprint density at radius 3 is 2.29 bits per heavy atom. The molecule has 0 atom stereocenters. The number of nitrogens with zero attached hydrogens (tertiary/aromatic N) is 1. The number of halogens is 1. The third-order valence-electron chi connectivity index (χ3n) is 4.82.